The summed E-state index contributed by atoms with van der Waals surface area (Å²) < 4.78 is 17.0. The van der Waals surface area contributed by atoms with Gasteiger partial charge in [-0.1, -0.05) is 336 Å². The van der Waals surface area contributed by atoms with E-state index >= 15 is 0 Å². The average molecular weight is 2180 g/mol. The lowest BCUT2D eigenvalue weighted by Crippen LogP contribution is -2.05. The van der Waals surface area contributed by atoms with E-state index in [1.165, 1.54) is 108 Å². The fourth-order valence-electron chi connectivity index (χ4n) is 10.0. The number of anilines is 7. The third-order valence-electron chi connectivity index (χ3n) is 18.2. The topological polar surface area (TPSA) is 274 Å². The normalized spacial score (nSPS) is 12.7. The number of aryl methyl sites for hydroxylation is 8. The smallest absolute Gasteiger partial charge is 0.223 e. The van der Waals surface area contributed by atoms with Crippen molar-refractivity contribution in [3.05, 3.63) is 362 Å². The minimum absolute atomic E-state index is 0. The van der Waals surface area contributed by atoms with Crippen LogP contribution in [0.1, 0.15) is 188 Å². The van der Waals surface area contributed by atoms with Gasteiger partial charge in [-0.15, -0.1) is 0 Å². The van der Waals surface area contributed by atoms with Crippen LogP contribution in [0, 0.1) is 61.2 Å². The van der Waals surface area contributed by atoms with E-state index in [1.807, 2.05) is 206 Å². The molecule has 0 aliphatic heterocycles. The first kappa shape index (κ1) is 130. The Hall–Kier alpha value is -10.1. The van der Waals surface area contributed by atoms with E-state index in [0.29, 0.717) is 98.5 Å². The predicted octanol–water partition coefficient (Wildman–Crippen LogP) is 34.1. The average Bonchev–Trinajstić information content (AvgIpc) is 1.70. The van der Waals surface area contributed by atoms with Crippen molar-refractivity contribution in [3.63, 3.8) is 0 Å². The van der Waals surface area contributed by atoms with Gasteiger partial charge in [0.2, 0.25) is 5.95 Å². The summed E-state index contributed by atoms with van der Waals surface area (Å²) in [5.74, 6) is 10.4. The monoisotopic (exact) mass is 2170 g/mol. The van der Waals surface area contributed by atoms with E-state index in [4.69, 9.17) is 144 Å². The van der Waals surface area contributed by atoms with Crippen LogP contribution in [0.4, 0.5) is 45.2 Å². The van der Waals surface area contributed by atoms with Crippen molar-refractivity contribution >= 4 is 180 Å². The summed E-state index contributed by atoms with van der Waals surface area (Å²) in [6.45, 7) is 15.1. The van der Waals surface area contributed by atoms with Gasteiger partial charge in [0.1, 0.15) is 112 Å². The number of benzene rings is 7. The van der Waals surface area contributed by atoms with Gasteiger partial charge in [-0.05, 0) is 212 Å². The number of para-hydroxylation sites is 1. The van der Waals surface area contributed by atoms with Crippen LogP contribution < -0.4 is 42.0 Å². The van der Waals surface area contributed by atoms with Crippen LogP contribution in [-0.4, -0.2) is 119 Å². The van der Waals surface area contributed by atoms with Gasteiger partial charge in [0.25, 0.3) is 0 Å². The molecular formula is C107H138Cl12FN21O. The number of aromatic nitrogens is 14. The first-order valence-corrected chi connectivity index (χ1v) is 48.2. The molecule has 0 atom stereocenters. The van der Waals surface area contributed by atoms with Crippen LogP contribution in [0.5, 0.6) is 5.75 Å². The lowest BCUT2D eigenvalue weighted by molar-refractivity contribution is 0.415. The van der Waals surface area contributed by atoms with Crippen molar-refractivity contribution in [2.75, 3.05) is 44.3 Å². The van der Waals surface area contributed by atoms with Crippen LogP contribution in [0.3, 0.4) is 0 Å². The number of nitrogens with zero attached hydrogens (tertiary/aromatic N) is 14. The molecule has 7 aliphatic carbocycles. The Morgan fingerprint density at radius 1 is 0.239 bits per heavy atom. The first-order chi connectivity index (χ1) is 65.0. The zero-order valence-corrected chi connectivity index (χ0v) is 85.3. The van der Waals surface area contributed by atoms with Crippen molar-refractivity contribution < 1.29 is 9.13 Å². The van der Waals surface area contributed by atoms with Gasteiger partial charge in [0, 0.05) is 57.4 Å². The summed E-state index contributed by atoms with van der Waals surface area (Å²) in [6, 6.07) is 67.9. The number of methoxy groups -OCH3 is 1. The molecular weight excluding hydrogens is 2040 g/mol. The second kappa shape index (κ2) is 72.2. The molecule has 0 radical (unpaired) electrons. The minimum atomic E-state index is -0.294. The molecule has 0 bridgehead atoms. The molecule has 768 valence electrons. The largest absolute Gasteiger partial charge is 0.497 e. The fraction of sp³-hybridized carbons (Fsp3) is 0.346. The molecule has 21 rings (SSSR count). The van der Waals surface area contributed by atoms with Crippen LogP contribution >= 0.6 is 139 Å². The number of ether oxygens (including phenoxy) is 1. The van der Waals surface area contributed by atoms with E-state index in [9.17, 15) is 4.39 Å². The second-order valence-electron chi connectivity index (χ2n) is 31.0. The van der Waals surface area contributed by atoms with Crippen molar-refractivity contribution in [3.8, 4) is 5.75 Å². The molecule has 142 heavy (non-hydrogen) atoms. The van der Waals surface area contributed by atoms with Crippen molar-refractivity contribution in [2.24, 2.45) is 0 Å². The molecule has 7 heterocycles. The summed E-state index contributed by atoms with van der Waals surface area (Å²) in [4.78, 5) is 57.4. The second-order valence-corrected chi connectivity index (χ2v) is 36.0. The highest BCUT2D eigenvalue weighted by molar-refractivity contribution is 6.42. The molecule has 0 spiro atoms. The summed E-state index contributed by atoms with van der Waals surface area (Å²) in [7, 11) is 1.66. The summed E-state index contributed by atoms with van der Waals surface area (Å²) in [6.07, 6.45) is 28.5. The Morgan fingerprint density at radius 3 is 0.641 bits per heavy atom. The van der Waals surface area contributed by atoms with Crippen molar-refractivity contribution in [1.82, 2.24) is 69.8 Å². The number of hydrogen-bond acceptors (Lipinski definition) is 22. The summed E-state index contributed by atoms with van der Waals surface area (Å²) >= 11 is 68.7. The first-order valence-electron chi connectivity index (χ1n) is 43.6. The van der Waals surface area contributed by atoms with Gasteiger partial charge in [-0.2, -0.15) is 0 Å². The Kier molecular flexibility index (Phi) is 66.1. The van der Waals surface area contributed by atoms with Crippen LogP contribution in [0.15, 0.2) is 250 Å². The van der Waals surface area contributed by atoms with Gasteiger partial charge in [-0.25, -0.2) is 74.2 Å². The Bertz CT molecular complexity index is 5130. The molecule has 0 saturated heterocycles. The van der Waals surface area contributed by atoms with Gasteiger partial charge < -0.3 is 42.0 Å². The standard InChI is InChI=1S/7C8H10ClN3.C7H8O.C7H8.C6H4Cl2.C6H4ClF.2C6H5Cl.C6H6.7CH4/c6*1-5-10-4-7(9)8(11-5)12-6-2-3-6;1-5-7(9)4-10-8(11-5)12-6-2-3-6;1-8-7-5-3-2-4-6-7;1-7-5-3-2-4-6-7;7-5-3-1-2-4-6(5)8;7-5-2-1-3-6(8)4-5;2*7-6-4-2-1-3-5-6;1-2-4-6-5-3-1;;;;;;;/h7*4,6H,2-3H2,1H3,(H,10,11,12);2-6H,1H3;2-6H,1H3;2*1-4H;2*1-5H;1-6H;7*1H4. The molecule has 7 aromatic carbocycles. The SMILES string of the molecule is C.C.C.C.C.C.C.COc1ccccc1.Cc1ccccc1.Cc1nc(NC2CC2)ncc1Cl.Cc1ncc(Cl)c(NC2CC2)n1.Cc1ncc(Cl)c(NC2CC2)n1.Cc1ncc(Cl)c(NC2CC2)n1.Cc1ncc(Cl)c(NC2CC2)n1.Cc1ncc(Cl)c(NC2CC2)n1.Cc1ncc(Cl)c(NC2CC2)n1.Clc1ccccc1.Clc1ccccc1.Clc1ccccc1Cl.Fc1cccc(Cl)c1.c1ccccc1. The number of rotatable bonds is 15. The molecule has 0 amide bonds. The quantitative estimate of drug-likeness (QED) is 0.0502. The molecule has 0 unspecified atom stereocenters. The maximum absolute atomic E-state index is 12.1. The predicted molar refractivity (Wildman–Crippen MR) is 607 cm³/mol. The zero-order chi connectivity index (χ0) is 97.2. The van der Waals surface area contributed by atoms with E-state index in [0.717, 1.165) is 91.3 Å². The Morgan fingerprint density at radius 2 is 0.458 bits per heavy atom. The highest BCUT2D eigenvalue weighted by Crippen LogP contribution is 2.34. The van der Waals surface area contributed by atoms with Gasteiger partial charge in [-0.3, -0.25) is 0 Å². The van der Waals surface area contributed by atoms with Gasteiger partial charge >= 0.3 is 0 Å². The maximum atomic E-state index is 12.1. The number of halogens is 13. The van der Waals surface area contributed by atoms with Crippen molar-refractivity contribution in [2.45, 2.75) is 240 Å². The van der Waals surface area contributed by atoms with E-state index in [2.05, 4.69) is 126 Å². The molecule has 7 saturated carbocycles. The molecule has 7 aromatic heterocycles. The Balaban J connectivity index is 0.000000766. The van der Waals surface area contributed by atoms with Crippen LogP contribution in [0.25, 0.3) is 0 Å². The highest BCUT2D eigenvalue weighted by atomic mass is 35.5. The fourth-order valence-corrected chi connectivity index (χ4v) is 11.7. The third kappa shape index (κ3) is 59.2. The molecule has 14 aromatic rings. The van der Waals surface area contributed by atoms with Crippen molar-refractivity contribution in [1.29, 1.82) is 0 Å². The lowest BCUT2D eigenvalue weighted by atomic mass is 10.2. The highest BCUT2D eigenvalue weighted by Gasteiger charge is 2.27. The minimum Gasteiger partial charge on any atom is -0.497 e. The number of hydrogen-bond donors (Lipinski definition) is 7. The van der Waals surface area contributed by atoms with Crippen LogP contribution in [-0.2, 0) is 0 Å². The van der Waals surface area contributed by atoms with E-state index in [-0.39, 0.29) is 57.8 Å². The molecule has 7 aliphatic rings. The molecule has 22 nitrogen and oxygen atoms in total. The molecule has 7 N–H and O–H groups in total. The number of nitrogens with one attached hydrogen (secondary N) is 7. The zero-order valence-electron chi connectivity index (χ0n) is 76.2. The van der Waals surface area contributed by atoms with Gasteiger partial charge in [0.05, 0.1) is 71.2 Å². The van der Waals surface area contributed by atoms with Gasteiger partial charge in [0.15, 0.2) is 0 Å². The van der Waals surface area contributed by atoms with Crippen LogP contribution in [0.2, 0.25) is 60.3 Å². The lowest BCUT2D eigenvalue weighted by Gasteiger charge is -2.05. The summed E-state index contributed by atoms with van der Waals surface area (Å²) in [5, 5.41) is 30.1. The van der Waals surface area contributed by atoms with E-state index < -0.39 is 0 Å². The molecule has 7 fully saturated rings. The Labute approximate surface area is 903 Å². The van der Waals surface area contributed by atoms with E-state index in [1.54, 1.807) is 74.8 Å². The molecule has 35 heteroatoms. The third-order valence-corrected chi connectivity index (χ3v) is 21.7. The maximum Gasteiger partial charge on any atom is 0.223 e. The summed E-state index contributed by atoms with van der Waals surface area (Å²) in [5.41, 5.74) is 2.15.